The molecule has 0 saturated carbocycles. The number of carbonyl (C=O) groups is 3. The number of hydrogen-bond donors (Lipinski definition) is 0. The van der Waals surface area contributed by atoms with Crippen molar-refractivity contribution in [1.29, 1.82) is 0 Å². The molecule has 0 aliphatic rings. The number of aromatic carboxylic acids is 1. The van der Waals surface area contributed by atoms with E-state index in [1.54, 1.807) is 0 Å². The van der Waals surface area contributed by atoms with Crippen LogP contribution in [0.5, 0.6) is 0 Å². The minimum Gasteiger partial charge on any atom is -0.545 e. The summed E-state index contributed by atoms with van der Waals surface area (Å²) < 4.78 is 10.6. The van der Waals surface area contributed by atoms with Gasteiger partial charge < -0.3 is 19.4 Å². The van der Waals surface area contributed by atoms with Crippen LogP contribution in [0.3, 0.4) is 0 Å². The first kappa shape index (κ1) is 26.7. The smallest absolute Gasteiger partial charge is 0.339 e. The first-order valence-corrected chi connectivity index (χ1v) is 11.7. The number of carboxylic acids is 1. The third-order valence-electron chi connectivity index (χ3n) is 5.16. The molecule has 0 unspecified atom stereocenters. The standard InChI is InChI=1S/C25H38O6/c1-3-5-7-9-11-13-17-30-24(28)21-16-15-20(23(26)27)19-22(21)25(29)31-18-14-12-10-8-6-4-2/h15-16,19H,3-14,17-18H2,1-2H3,(H,26,27)/p-1. The van der Waals surface area contributed by atoms with Crippen LogP contribution in [0.25, 0.3) is 0 Å². The summed E-state index contributed by atoms with van der Waals surface area (Å²) in [6.07, 6.45) is 12.7. The summed E-state index contributed by atoms with van der Waals surface area (Å²) in [7, 11) is 0. The third-order valence-corrected chi connectivity index (χ3v) is 5.16. The molecular weight excluding hydrogens is 396 g/mol. The zero-order valence-corrected chi connectivity index (χ0v) is 19.1. The molecule has 0 bridgehead atoms. The van der Waals surface area contributed by atoms with E-state index in [9.17, 15) is 19.5 Å². The van der Waals surface area contributed by atoms with E-state index in [1.165, 1.54) is 44.2 Å². The molecule has 0 atom stereocenters. The van der Waals surface area contributed by atoms with E-state index in [-0.39, 0.29) is 29.9 Å². The molecule has 1 aromatic rings. The van der Waals surface area contributed by atoms with E-state index in [0.29, 0.717) is 0 Å². The lowest BCUT2D eigenvalue weighted by Gasteiger charge is -2.12. The Bertz CT molecular complexity index is 683. The third kappa shape index (κ3) is 11.0. The summed E-state index contributed by atoms with van der Waals surface area (Å²) in [4.78, 5) is 36.2. The van der Waals surface area contributed by atoms with Crippen LogP contribution in [0.2, 0.25) is 0 Å². The molecule has 6 heteroatoms. The Hall–Kier alpha value is -2.37. The number of ether oxygens (including phenoxy) is 2. The molecule has 0 fully saturated rings. The summed E-state index contributed by atoms with van der Waals surface area (Å²) in [5, 5.41) is 11.2. The highest BCUT2D eigenvalue weighted by molar-refractivity contribution is 6.04. The molecule has 0 spiro atoms. The van der Waals surface area contributed by atoms with Crippen molar-refractivity contribution in [3.8, 4) is 0 Å². The fourth-order valence-electron chi connectivity index (χ4n) is 3.27. The first-order chi connectivity index (χ1) is 15.0. The summed E-state index contributed by atoms with van der Waals surface area (Å²) in [5.74, 6) is -2.79. The molecule has 1 aromatic carbocycles. The maximum absolute atomic E-state index is 12.5. The summed E-state index contributed by atoms with van der Waals surface area (Å²) >= 11 is 0. The SMILES string of the molecule is CCCCCCCCOC(=O)c1ccc(C(=O)[O-])cc1C(=O)OCCCCCCCC. The van der Waals surface area contributed by atoms with Gasteiger partial charge in [-0.3, -0.25) is 0 Å². The van der Waals surface area contributed by atoms with E-state index >= 15 is 0 Å². The summed E-state index contributed by atoms with van der Waals surface area (Å²) in [6, 6.07) is 3.65. The Morgan fingerprint density at radius 2 is 1.13 bits per heavy atom. The van der Waals surface area contributed by atoms with E-state index < -0.39 is 17.9 Å². The van der Waals surface area contributed by atoms with Gasteiger partial charge in [0.25, 0.3) is 0 Å². The monoisotopic (exact) mass is 433 g/mol. The second-order valence-corrected chi connectivity index (χ2v) is 7.86. The van der Waals surface area contributed by atoms with Crippen LogP contribution in [0.15, 0.2) is 18.2 Å². The Kier molecular flexibility index (Phi) is 14.1. The van der Waals surface area contributed by atoms with E-state index in [2.05, 4.69) is 13.8 Å². The second kappa shape index (κ2) is 16.3. The van der Waals surface area contributed by atoms with Crippen LogP contribution < -0.4 is 5.11 Å². The highest BCUT2D eigenvalue weighted by Gasteiger charge is 2.20. The second-order valence-electron chi connectivity index (χ2n) is 7.86. The van der Waals surface area contributed by atoms with Gasteiger partial charge in [-0.05, 0) is 30.5 Å². The Labute approximate surface area is 186 Å². The highest BCUT2D eigenvalue weighted by atomic mass is 16.5. The normalized spacial score (nSPS) is 10.6. The van der Waals surface area contributed by atoms with Crippen molar-refractivity contribution in [2.24, 2.45) is 0 Å². The van der Waals surface area contributed by atoms with Crippen molar-refractivity contribution in [2.75, 3.05) is 13.2 Å². The van der Waals surface area contributed by atoms with Crippen molar-refractivity contribution in [1.82, 2.24) is 0 Å². The van der Waals surface area contributed by atoms with Crippen molar-refractivity contribution in [2.45, 2.75) is 90.9 Å². The molecule has 0 saturated heterocycles. The quantitative estimate of drug-likeness (QED) is 0.251. The molecule has 6 nitrogen and oxygen atoms in total. The first-order valence-electron chi connectivity index (χ1n) is 11.7. The highest BCUT2D eigenvalue weighted by Crippen LogP contribution is 2.16. The Morgan fingerprint density at radius 1 is 0.677 bits per heavy atom. The van der Waals surface area contributed by atoms with Gasteiger partial charge in [0.15, 0.2) is 0 Å². The zero-order chi connectivity index (χ0) is 22.9. The van der Waals surface area contributed by atoms with Crippen molar-refractivity contribution >= 4 is 17.9 Å². The summed E-state index contributed by atoms with van der Waals surface area (Å²) in [5.41, 5.74) is -0.261. The van der Waals surface area contributed by atoms with Gasteiger partial charge in [-0.25, -0.2) is 9.59 Å². The van der Waals surface area contributed by atoms with Gasteiger partial charge in [0.2, 0.25) is 0 Å². The van der Waals surface area contributed by atoms with Crippen LogP contribution in [-0.4, -0.2) is 31.1 Å². The number of benzene rings is 1. The minimum absolute atomic E-state index is 0.0175. The Balaban J connectivity index is 2.61. The molecule has 0 heterocycles. The maximum atomic E-state index is 12.5. The van der Waals surface area contributed by atoms with Crippen LogP contribution in [0.1, 0.15) is 122 Å². The lowest BCUT2D eigenvalue weighted by molar-refractivity contribution is -0.255. The molecule has 0 aromatic heterocycles. The number of unbranched alkanes of at least 4 members (excludes halogenated alkanes) is 10. The minimum atomic E-state index is -1.42. The fraction of sp³-hybridized carbons (Fsp3) is 0.640. The molecule has 31 heavy (non-hydrogen) atoms. The van der Waals surface area contributed by atoms with Gasteiger partial charge in [0.05, 0.1) is 30.3 Å². The average molecular weight is 434 g/mol. The predicted octanol–water partition coefficient (Wildman–Crippen LogP) is 5.08. The lowest BCUT2D eigenvalue weighted by atomic mass is 10.0. The topological polar surface area (TPSA) is 92.7 Å². The van der Waals surface area contributed by atoms with Crippen LogP contribution in [0.4, 0.5) is 0 Å². The number of hydrogen-bond acceptors (Lipinski definition) is 6. The van der Waals surface area contributed by atoms with E-state index in [0.717, 1.165) is 51.0 Å². The van der Waals surface area contributed by atoms with Gasteiger partial charge in [-0.15, -0.1) is 0 Å². The van der Waals surface area contributed by atoms with Gasteiger partial charge in [-0.1, -0.05) is 84.1 Å². The maximum Gasteiger partial charge on any atom is 0.339 e. The van der Waals surface area contributed by atoms with Gasteiger partial charge in [-0.2, -0.15) is 0 Å². The van der Waals surface area contributed by atoms with Crippen molar-refractivity contribution < 1.29 is 29.0 Å². The lowest BCUT2D eigenvalue weighted by Crippen LogP contribution is -2.24. The van der Waals surface area contributed by atoms with Crippen LogP contribution in [-0.2, 0) is 9.47 Å². The van der Waals surface area contributed by atoms with Crippen molar-refractivity contribution in [3.05, 3.63) is 34.9 Å². The fourth-order valence-corrected chi connectivity index (χ4v) is 3.27. The molecule has 0 radical (unpaired) electrons. The summed E-state index contributed by atoms with van der Waals surface area (Å²) in [6.45, 7) is 4.80. The number of rotatable bonds is 17. The van der Waals surface area contributed by atoms with Crippen LogP contribution in [0, 0.1) is 0 Å². The number of carboxylic acid groups (broad SMARTS) is 1. The van der Waals surface area contributed by atoms with Crippen molar-refractivity contribution in [3.63, 3.8) is 0 Å². The molecule has 0 N–H and O–H groups in total. The molecule has 0 amide bonds. The average Bonchev–Trinajstić information content (AvgIpc) is 2.77. The predicted molar refractivity (Wildman–Crippen MR) is 118 cm³/mol. The molecule has 1 rings (SSSR count). The number of esters is 2. The van der Waals surface area contributed by atoms with E-state index in [1.807, 2.05) is 0 Å². The van der Waals surface area contributed by atoms with Gasteiger partial charge >= 0.3 is 11.9 Å². The zero-order valence-electron chi connectivity index (χ0n) is 19.1. The van der Waals surface area contributed by atoms with Gasteiger partial charge in [0.1, 0.15) is 0 Å². The largest absolute Gasteiger partial charge is 0.545 e. The molecule has 0 aliphatic heterocycles. The molecule has 174 valence electrons. The van der Waals surface area contributed by atoms with Gasteiger partial charge in [0, 0.05) is 0 Å². The van der Waals surface area contributed by atoms with E-state index in [4.69, 9.17) is 9.47 Å². The Morgan fingerprint density at radius 3 is 1.61 bits per heavy atom. The molecule has 0 aliphatic carbocycles. The number of carbonyl (C=O) groups excluding carboxylic acids is 3. The molecular formula is C25H37O6-. The van der Waals surface area contributed by atoms with Crippen LogP contribution >= 0.6 is 0 Å².